The lowest BCUT2D eigenvalue weighted by Gasteiger charge is -2.03. The predicted octanol–water partition coefficient (Wildman–Crippen LogP) is 1.85. The van der Waals surface area contributed by atoms with Gasteiger partial charge in [0.15, 0.2) is 0 Å². The van der Waals surface area contributed by atoms with Gasteiger partial charge < -0.3 is 9.30 Å². The van der Waals surface area contributed by atoms with Crippen LogP contribution in [0.3, 0.4) is 0 Å². The molecule has 0 bridgehead atoms. The van der Waals surface area contributed by atoms with E-state index in [4.69, 9.17) is 4.74 Å². The normalized spacial score (nSPS) is 15.8. The lowest BCUT2D eigenvalue weighted by molar-refractivity contribution is 0.402. The van der Waals surface area contributed by atoms with Gasteiger partial charge in [-0.3, -0.25) is 0 Å². The van der Waals surface area contributed by atoms with E-state index in [1.54, 1.807) is 13.4 Å². The van der Waals surface area contributed by atoms with E-state index in [1.165, 1.54) is 12.8 Å². The number of rotatable bonds is 3. The number of hydrogen-bond acceptors (Lipinski definition) is 3. The minimum absolute atomic E-state index is 0.662. The summed E-state index contributed by atoms with van der Waals surface area (Å²) in [6.45, 7) is 1.07. The molecule has 78 valence electrons. The molecule has 0 aliphatic heterocycles. The number of fused-ring (bicyclic) bond motifs is 1. The molecule has 3 rings (SSSR count). The fraction of sp³-hybridized carbons (Fsp3) is 0.455. The Hall–Kier alpha value is -1.58. The lowest BCUT2D eigenvalue weighted by atomic mass is 10.4. The summed E-state index contributed by atoms with van der Waals surface area (Å²) in [6, 6.07) is 2.02. The van der Waals surface area contributed by atoms with Crippen molar-refractivity contribution in [3.63, 3.8) is 0 Å². The smallest absolute Gasteiger partial charge is 0.225 e. The zero-order valence-electron chi connectivity index (χ0n) is 8.68. The molecule has 0 atom stereocenters. The quantitative estimate of drug-likeness (QED) is 0.764. The highest BCUT2D eigenvalue weighted by atomic mass is 16.5. The molecular weight excluding hydrogens is 190 g/mol. The van der Waals surface area contributed by atoms with E-state index in [2.05, 4.69) is 20.7 Å². The van der Waals surface area contributed by atoms with E-state index in [1.807, 2.05) is 6.07 Å². The van der Waals surface area contributed by atoms with Gasteiger partial charge in [-0.1, -0.05) is 0 Å². The Morgan fingerprint density at radius 3 is 3.07 bits per heavy atom. The van der Waals surface area contributed by atoms with E-state index in [9.17, 15) is 0 Å². The first-order valence-electron chi connectivity index (χ1n) is 5.22. The van der Waals surface area contributed by atoms with Crippen LogP contribution in [0.5, 0.6) is 5.88 Å². The summed E-state index contributed by atoms with van der Waals surface area (Å²) in [4.78, 5) is 8.39. The average Bonchev–Trinajstić information content (AvgIpc) is 2.99. The van der Waals surface area contributed by atoms with Crippen molar-refractivity contribution in [2.75, 3.05) is 7.11 Å². The highest BCUT2D eigenvalue weighted by molar-refractivity contribution is 5.81. The predicted molar refractivity (Wildman–Crippen MR) is 56.8 cm³/mol. The van der Waals surface area contributed by atoms with Crippen molar-refractivity contribution < 1.29 is 4.74 Å². The summed E-state index contributed by atoms with van der Waals surface area (Å²) in [5, 5.41) is 1.00. The highest BCUT2D eigenvalue weighted by Gasteiger charge is 2.22. The number of methoxy groups -OCH3 is 1. The number of hydrogen-bond donors (Lipinski definition) is 0. The van der Waals surface area contributed by atoms with Gasteiger partial charge >= 0.3 is 0 Å². The first-order chi connectivity index (χ1) is 7.38. The molecule has 1 saturated carbocycles. The second-order valence-corrected chi connectivity index (χ2v) is 4.03. The molecule has 4 nitrogen and oxygen atoms in total. The van der Waals surface area contributed by atoms with Crippen molar-refractivity contribution in [1.82, 2.24) is 14.5 Å². The minimum atomic E-state index is 0.662. The molecular formula is C11H13N3O. The van der Waals surface area contributed by atoms with E-state index in [0.29, 0.717) is 5.88 Å². The van der Waals surface area contributed by atoms with E-state index in [0.717, 1.165) is 23.5 Å². The van der Waals surface area contributed by atoms with Crippen molar-refractivity contribution in [1.29, 1.82) is 0 Å². The molecule has 0 saturated heterocycles. The second kappa shape index (κ2) is 3.22. The van der Waals surface area contributed by atoms with Crippen molar-refractivity contribution in [3.05, 3.63) is 18.6 Å². The molecule has 2 heterocycles. The van der Waals surface area contributed by atoms with Gasteiger partial charge in [-0.2, -0.15) is 0 Å². The molecule has 0 unspecified atom stereocenters. The average molecular weight is 203 g/mol. The van der Waals surface area contributed by atoms with Crippen LogP contribution in [0.1, 0.15) is 12.8 Å². The Bertz CT molecular complexity index is 488. The Kier molecular flexibility index (Phi) is 1.87. The molecule has 1 aliphatic carbocycles. The fourth-order valence-electron chi connectivity index (χ4n) is 1.87. The summed E-state index contributed by atoms with van der Waals surface area (Å²) < 4.78 is 7.39. The van der Waals surface area contributed by atoms with Crippen LogP contribution in [0.15, 0.2) is 18.6 Å². The van der Waals surface area contributed by atoms with E-state index < -0.39 is 0 Å². The van der Waals surface area contributed by atoms with Crippen LogP contribution in [0.2, 0.25) is 0 Å². The zero-order chi connectivity index (χ0) is 10.3. The Balaban J connectivity index is 2.08. The van der Waals surface area contributed by atoms with Gasteiger partial charge in [-0.25, -0.2) is 9.97 Å². The summed E-state index contributed by atoms with van der Waals surface area (Å²) in [5.41, 5.74) is 0.980. The first kappa shape index (κ1) is 8.71. The highest BCUT2D eigenvalue weighted by Crippen LogP contribution is 2.32. The van der Waals surface area contributed by atoms with Gasteiger partial charge in [-0.05, 0) is 24.8 Å². The second-order valence-electron chi connectivity index (χ2n) is 4.03. The summed E-state index contributed by atoms with van der Waals surface area (Å²) in [7, 11) is 1.64. The molecule has 1 fully saturated rings. The monoisotopic (exact) mass is 203 g/mol. The molecule has 0 amide bonds. The summed E-state index contributed by atoms with van der Waals surface area (Å²) in [6.07, 6.45) is 6.33. The maximum Gasteiger partial charge on any atom is 0.225 e. The van der Waals surface area contributed by atoms with Crippen LogP contribution in [-0.4, -0.2) is 21.6 Å². The van der Waals surface area contributed by atoms with E-state index in [-0.39, 0.29) is 0 Å². The lowest BCUT2D eigenvalue weighted by Crippen LogP contribution is -1.99. The van der Waals surface area contributed by atoms with Crippen molar-refractivity contribution in [3.8, 4) is 5.88 Å². The van der Waals surface area contributed by atoms with Gasteiger partial charge in [0, 0.05) is 12.7 Å². The Morgan fingerprint density at radius 1 is 1.47 bits per heavy atom. The van der Waals surface area contributed by atoms with Crippen LogP contribution in [-0.2, 0) is 6.54 Å². The maximum absolute atomic E-state index is 5.20. The molecule has 15 heavy (non-hydrogen) atoms. The molecule has 1 aliphatic rings. The topological polar surface area (TPSA) is 39.9 Å². The SMILES string of the molecule is COc1ncnc2c1ccn2CC1CC1. The number of aromatic nitrogens is 3. The minimum Gasteiger partial charge on any atom is -0.480 e. The summed E-state index contributed by atoms with van der Waals surface area (Å²) in [5.74, 6) is 1.51. The van der Waals surface area contributed by atoms with Crippen LogP contribution >= 0.6 is 0 Å². The van der Waals surface area contributed by atoms with Crippen molar-refractivity contribution in [2.24, 2.45) is 5.92 Å². The third-order valence-electron chi connectivity index (χ3n) is 2.86. The van der Waals surface area contributed by atoms with Crippen LogP contribution in [0.4, 0.5) is 0 Å². The molecule has 0 spiro atoms. The van der Waals surface area contributed by atoms with Gasteiger partial charge in [0.2, 0.25) is 5.88 Å². The Morgan fingerprint density at radius 2 is 2.33 bits per heavy atom. The number of nitrogens with zero attached hydrogens (tertiary/aromatic N) is 3. The van der Waals surface area contributed by atoms with Crippen LogP contribution in [0.25, 0.3) is 11.0 Å². The fourth-order valence-corrected chi connectivity index (χ4v) is 1.87. The molecule has 0 N–H and O–H groups in total. The molecule has 4 heteroatoms. The van der Waals surface area contributed by atoms with Crippen molar-refractivity contribution >= 4 is 11.0 Å². The van der Waals surface area contributed by atoms with Gasteiger partial charge in [-0.15, -0.1) is 0 Å². The van der Waals surface area contributed by atoms with Crippen molar-refractivity contribution in [2.45, 2.75) is 19.4 Å². The van der Waals surface area contributed by atoms with E-state index >= 15 is 0 Å². The van der Waals surface area contributed by atoms with Gasteiger partial charge in [0.05, 0.1) is 12.5 Å². The largest absolute Gasteiger partial charge is 0.480 e. The first-order valence-corrected chi connectivity index (χ1v) is 5.22. The van der Waals surface area contributed by atoms with Gasteiger partial charge in [0.1, 0.15) is 12.0 Å². The standard InChI is InChI=1S/C11H13N3O/c1-15-11-9-4-5-14(6-8-2-3-8)10(9)12-7-13-11/h4-5,7-8H,2-3,6H2,1H3. The summed E-state index contributed by atoms with van der Waals surface area (Å²) >= 11 is 0. The maximum atomic E-state index is 5.20. The molecule has 0 aromatic carbocycles. The van der Waals surface area contributed by atoms with Crippen LogP contribution < -0.4 is 4.74 Å². The zero-order valence-corrected chi connectivity index (χ0v) is 8.68. The Labute approximate surface area is 87.9 Å². The third-order valence-corrected chi connectivity index (χ3v) is 2.86. The van der Waals surface area contributed by atoms with Gasteiger partial charge in [0.25, 0.3) is 0 Å². The molecule has 0 radical (unpaired) electrons. The third kappa shape index (κ3) is 1.46. The molecule has 2 aromatic heterocycles. The number of ether oxygens (including phenoxy) is 1. The molecule has 2 aromatic rings. The van der Waals surface area contributed by atoms with Crippen LogP contribution in [0, 0.1) is 5.92 Å².